The number of carbonyl (C=O) groups excluding carboxylic acids is 2. The van der Waals surface area contributed by atoms with Gasteiger partial charge in [0.15, 0.2) is 4.96 Å². The molecule has 26 heavy (non-hydrogen) atoms. The van der Waals surface area contributed by atoms with Crippen LogP contribution in [0.1, 0.15) is 23.3 Å². The van der Waals surface area contributed by atoms with Crippen molar-refractivity contribution in [1.82, 2.24) is 24.1 Å². The molecule has 0 unspecified atom stereocenters. The Morgan fingerprint density at radius 1 is 1.23 bits per heavy atom. The Morgan fingerprint density at radius 2 is 2.04 bits per heavy atom. The molecule has 9 heteroatoms. The molecule has 0 saturated carbocycles. The van der Waals surface area contributed by atoms with Gasteiger partial charge in [-0.15, -0.1) is 11.3 Å². The largest absolute Gasteiger partial charge is 0.332 e. The van der Waals surface area contributed by atoms with E-state index in [4.69, 9.17) is 0 Å². The van der Waals surface area contributed by atoms with E-state index in [2.05, 4.69) is 4.98 Å². The Bertz CT molecular complexity index is 921. The Kier molecular flexibility index (Phi) is 4.18. The van der Waals surface area contributed by atoms with Gasteiger partial charge in [0.1, 0.15) is 5.69 Å². The van der Waals surface area contributed by atoms with E-state index in [0.717, 1.165) is 12.8 Å². The van der Waals surface area contributed by atoms with Gasteiger partial charge in [0.2, 0.25) is 0 Å². The maximum atomic E-state index is 13.2. The highest BCUT2D eigenvalue weighted by Crippen LogP contribution is 2.29. The monoisotopic (exact) mass is 375 g/mol. The Hall–Kier alpha value is -2.42. The first kappa shape index (κ1) is 17.0. The van der Waals surface area contributed by atoms with E-state index in [1.807, 2.05) is 15.2 Å². The fourth-order valence-electron chi connectivity index (χ4n) is 3.93. The topological polar surface area (TPSA) is 78.2 Å². The summed E-state index contributed by atoms with van der Waals surface area (Å²) in [5, 5.41) is 1.81. The molecule has 8 nitrogen and oxygen atoms in total. The van der Waals surface area contributed by atoms with E-state index in [-0.39, 0.29) is 23.9 Å². The van der Waals surface area contributed by atoms with Gasteiger partial charge in [-0.05, 0) is 18.8 Å². The molecule has 3 amide bonds. The number of rotatable bonds is 1. The van der Waals surface area contributed by atoms with Crippen LogP contribution >= 0.6 is 11.3 Å². The average molecular weight is 375 g/mol. The quantitative estimate of drug-likeness (QED) is 0.744. The summed E-state index contributed by atoms with van der Waals surface area (Å²) in [5.74, 6) is 0.102. The summed E-state index contributed by atoms with van der Waals surface area (Å²) in [6.07, 6.45) is 3.65. The molecule has 3 aliphatic rings. The Morgan fingerprint density at radius 3 is 2.81 bits per heavy atom. The first-order valence-electron chi connectivity index (χ1n) is 8.68. The number of nitrogens with zero attached hydrogens (tertiary/aromatic N) is 5. The van der Waals surface area contributed by atoms with Crippen molar-refractivity contribution in [2.24, 2.45) is 5.92 Å². The van der Waals surface area contributed by atoms with Crippen LogP contribution in [0.5, 0.6) is 0 Å². The molecule has 0 aromatic carbocycles. The molecule has 2 aromatic rings. The van der Waals surface area contributed by atoms with Gasteiger partial charge in [-0.1, -0.05) is 0 Å². The van der Waals surface area contributed by atoms with Crippen molar-refractivity contribution in [1.29, 1.82) is 0 Å². The number of thiazole rings is 1. The first-order valence-corrected chi connectivity index (χ1v) is 9.56. The summed E-state index contributed by atoms with van der Waals surface area (Å²) in [4.78, 5) is 47.3. The minimum Gasteiger partial charge on any atom is -0.332 e. The third kappa shape index (κ3) is 2.86. The number of amides is 3. The third-order valence-electron chi connectivity index (χ3n) is 5.16. The molecule has 2 atom stereocenters. The van der Waals surface area contributed by atoms with Gasteiger partial charge in [-0.3, -0.25) is 14.0 Å². The maximum Gasteiger partial charge on any atom is 0.319 e. The summed E-state index contributed by atoms with van der Waals surface area (Å²) in [6, 6.07) is 1.27. The van der Waals surface area contributed by atoms with E-state index in [0.29, 0.717) is 30.3 Å². The van der Waals surface area contributed by atoms with Crippen molar-refractivity contribution in [2.75, 3.05) is 33.7 Å². The lowest BCUT2D eigenvalue weighted by Crippen LogP contribution is -2.49. The molecule has 0 radical (unpaired) electrons. The van der Waals surface area contributed by atoms with E-state index < -0.39 is 5.56 Å². The molecule has 2 aromatic heterocycles. The van der Waals surface area contributed by atoms with Gasteiger partial charge in [-0.2, -0.15) is 4.98 Å². The van der Waals surface area contributed by atoms with Crippen molar-refractivity contribution in [3.05, 3.63) is 33.7 Å². The maximum absolute atomic E-state index is 13.2. The van der Waals surface area contributed by atoms with Crippen LogP contribution in [0.25, 0.3) is 4.96 Å². The molecular weight excluding hydrogens is 354 g/mol. The molecule has 2 bridgehead atoms. The zero-order chi connectivity index (χ0) is 18.4. The summed E-state index contributed by atoms with van der Waals surface area (Å²) in [7, 11) is 3.49. The summed E-state index contributed by atoms with van der Waals surface area (Å²) >= 11 is 1.33. The fourth-order valence-corrected chi connectivity index (χ4v) is 4.65. The summed E-state index contributed by atoms with van der Waals surface area (Å²) in [6.45, 7) is 1.82. The normalized spacial score (nSPS) is 22.5. The molecule has 3 saturated heterocycles. The van der Waals surface area contributed by atoms with Gasteiger partial charge >= 0.3 is 6.03 Å². The van der Waals surface area contributed by atoms with Gasteiger partial charge in [0, 0.05) is 57.4 Å². The number of urea groups is 1. The molecule has 138 valence electrons. The van der Waals surface area contributed by atoms with Crippen LogP contribution in [-0.2, 0) is 0 Å². The lowest BCUT2D eigenvalue weighted by atomic mass is 9.94. The van der Waals surface area contributed by atoms with Crippen LogP contribution in [0, 0.1) is 5.92 Å². The number of fused-ring (bicyclic) bond motifs is 5. The highest BCUT2D eigenvalue weighted by atomic mass is 32.1. The van der Waals surface area contributed by atoms with Crippen molar-refractivity contribution >= 4 is 28.2 Å². The van der Waals surface area contributed by atoms with Crippen molar-refractivity contribution in [3.63, 3.8) is 0 Å². The first-order chi connectivity index (χ1) is 12.4. The predicted molar refractivity (Wildman–Crippen MR) is 97.5 cm³/mol. The minimum absolute atomic E-state index is 0.0171. The van der Waals surface area contributed by atoms with Crippen LogP contribution in [0.15, 0.2) is 22.4 Å². The van der Waals surface area contributed by atoms with Crippen LogP contribution < -0.4 is 5.56 Å². The number of carbonyl (C=O) groups is 2. The lowest BCUT2D eigenvalue weighted by Gasteiger charge is -2.36. The number of aromatic nitrogens is 2. The molecule has 0 N–H and O–H groups in total. The van der Waals surface area contributed by atoms with Crippen LogP contribution in [0.2, 0.25) is 0 Å². The second-order valence-electron chi connectivity index (χ2n) is 7.17. The van der Waals surface area contributed by atoms with Gasteiger partial charge in [-0.25, -0.2) is 4.79 Å². The molecule has 3 fully saturated rings. The highest BCUT2D eigenvalue weighted by Gasteiger charge is 2.39. The summed E-state index contributed by atoms with van der Waals surface area (Å²) < 4.78 is 1.68. The van der Waals surface area contributed by atoms with Crippen molar-refractivity contribution in [2.45, 2.75) is 18.9 Å². The Labute approximate surface area is 154 Å². The standard InChI is InChI=1S/C17H21N5O3S/c1-19(2)17(25)20-8-11-3-4-12(10-20)22(9-11)15(24)13-7-14(23)18-16-21(13)5-6-26-16/h5-7,11-12H,3-4,8-10H2,1-2H3/t11-,12+/m1/s1. The van der Waals surface area contributed by atoms with E-state index in [1.54, 1.807) is 29.6 Å². The van der Waals surface area contributed by atoms with Gasteiger partial charge in [0.25, 0.3) is 11.5 Å². The zero-order valence-corrected chi connectivity index (χ0v) is 15.6. The Balaban J connectivity index is 1.66. The van der Waals surface area contributed by atoms with E-state index >= 15 is 0 Å². The van der Waals surface area contributed by atoms with E-state index in [9.17, 15) is 14.4 Å². The third-order valence-corrected chi connectivity index (χ3v) is 5.92. The smallest absolute Gasteiger partial charge is 0.319 e. The molecule has 0 aliphatic carbocycles. The second-order valence-corrected chi connectivity index (χ2v) is 8.04. The van der Waals surface area contributed by atoms with Crippen LogP contribution in [0.3, 0.4) is 0 Å². The lowest BCUT2D eigenvalue weighted by molar-refractivity contribution is 0.0578. The predicted octanol–water partition coefficient (Wildman–Crippen LogP) is 0.974. The van der Waals surface area contributed by atoms with Crippen molar-refractivity contribution < 1.29 is 9.59 Å². The number of piperidine rings is 1. The number of hydrogen-bond donors (Lipinski definition) is 0. The average Bonchev–Trinajstić information content (AvgIpc) is 2.89. The van der Waals surface area contributed by atoms with Gasteiger partial charge in [0.05, 0.1) is 0 Å². The van der Waals surface area contributed by atoms with Crippen LogP contribution in [0.4, 0.5) is 4.79 Å². The SMILES string of the molecule is CN(C)C(=O)N1C[C@H]2CC[C@@H](C1)N(C(=O)c1cc(=O)nc3sccn13)C2. The molecule has 5 rings (SSSR count). The number of hydrogen-bond acceptors (Lipinski definition) is 5. The molecule has 3 aliphatic heterocycles. The molecule has 0 spiro atoms. The fraction of sp³-hybridized carbons (Fsp3) is 0.529. The van der Waals surface area contributed by atoms with Gasteiger partial charge < -0.3 is 14.7 Å². The molecule has 5 heterocycles. The van der Waals surface area contributed by atoms with E-state index in [1.165, 1.54) is 17.4 Å². The second kappa shape index (κ2) is 6.39. The van der Waals surface area contributed by atoms with Crippen LogP contribution in [-0.4, -0.2) is 75.8 Å². The molecular formula is C17H21N5O3S. The highest BCUT2D eigenvalue weighted by molar-refractivity contribution is 7.15. The summed E-state index contributed by atoms with van der Waals surface area (Å²) in [5.41, 5.74) is -0.0560. The van der Waals surface area contributed by atoms with Crippen molar-refractivity contribution in [3.8, 4) is 0 Å². The minimum atomic E-state index is -0.403. The zero-order valence-electron chi connectivity index (χ0n) is 14.8.